The summed E-state index contributed by atoms with van der Waals surface area (Å²) in [6.07, 6.45) is 11.0. The third-order valence-electron chi connectivity index (χ3n) is 4.78. The van der Waals surface area contributed by atoms with Crippen molar-refractivity contribution in [2.24, 2.45) is 5.92 Å². The van der Waals surface area contributed by atoms with Crippen LogP contribution >= 0.6 is 0 Å². The highest BCUT2D eigenvalue weighted by Gasteiger charge is 2.10. The Bertz CT molecular complexity index is 577. The van der Waals surface area contributed by atoms with Gasteiger partial charge in [-0.25, -0.2) is 0 Å². The Morgan fingerprint density at radius 1 is 1.18 bits per heavy atom. The normalized spacial score (nSPS) is 17.9. The highest BCUT2D eigenvalue weighted by molar-refractivity contribution is 5.84. The summed E-state index contributed by atoms with van der Waals surface area (Å²) in [6, 6.07) is 8.63. The molecule has 0 fully saturated rings. The number of benzene rings is 1. The van der Waals surface area contributed by atoms with Gasteiger partial charge in [-0.15, -0.1) is 0 Å². The molecule has 0 saturated heterocycles. The second-order valence-corrected chi connectivity index (χ2v) is 6.72. The van der Waals surface area contributed by atoms with Crippen LogP contribution in [0.3, 0.4) is 0 Å². The van der Waals surface area contributed by atoms with Gasteiger partial charge in [0.25, 0.3) is 0 Å². The first-order chi connectivity index (χ1) is 10.6. The molecule has 1 aliphatic rings. The predicted molar refractivity (Wildman–Crippen MR) is 96.7 cm³/mol. The molecule has 0 saturated carbocycles. The van der Waals surface area contributed by atoms with Gasteiger partial charge < -0.3 is 5.41 Å². The Labute approximate surface area is 135 Å². The molecule has 1 aromatic rings. The first-order valence-corrected chi connectivity index (χ1v) is 8.54. The Balaban J connectivity index is 1.70. The number of unbranched alkanes of at least 4 members (excludes halogenated alkanes) is 1. The molecule has 0 bridgehead atoms. The summed E-state index contributed by atoms with van der Waals surface area (Å²) in [4.78, 5) is 0. The van der Waals surface area contributed by atoms with Crippen LogP contribution in [-0.2, 0) is 6.42 Å². The zero-order valence-corrected chi connectivity index (χ0v) is 14.3. The van der Waals surface area contributed by atoms with Crippen LogP contribution in [0.2, 0.25) is 0 Å². The van der Waals surface area contributed by atoms with Gasteiger partial charge in [0.15, 0.2) is 0 Å². The molecule has 0 heterocycles. The lowest BCUT2D eigenvalue weighted by Gasteiger charge is -2.17. The molecule has 1 atom stereocenters. The highest BCUT2D eigenvalue weighted by atomic mass is 14.4. The van der Waals surface area contributed by atoms with Crippen molar-refractivity contribution in [3.05, 3.63) is 58.7 Å². The zero-order valence-electron chi connectivity index (χ0n) is 14.3. The quantitative estimate of drug-likeness (QED) is 0.469. The van der Waals surface area contributed by atoms with Crippen LogP contribution in [-0.4, -0.2) is 5.71 Å². The third-order valence-corrected chi connectivity index (χ3v) is 4.78. The summed E-state index contributed by atoms with van der Waals surface area (Å²) >= 11 is 0. The molecular formula is C21H29N. The molecule has 1 unspecified atom stereocenters. The molecule has 0 aromatic heterocycles. The lowest BCUT2D eigenvalue weighted by molar-refractivity contribution is 0.679. The van der Waals surface area contributed by atoms with E-state index in [9.17, 15) is 0 Å². The van der Waals surface area contributed by atoms with Gasteiger partial charge in [-0.2, -0.15) is 0 Å². The van der Waals surface area contributed by atoms with Gasteiger partial charge in [0.1, 0.15) is 0 Å². The largest absolute Gasteiger partial charge is 0.309 e. The fraction of sp³-hybridized carbons (Fsp3) is 0.476. The minimum absolute atomic E-state index is 0.673. The van der Waals surface area contributed by atoms with Gasteiger partial charge in [-0.05, 0) is 68.6 Å². The lowest BCUT2D eigenvalue weighted by atomic mass is 9.89. The van der Waals surface area contributed by atoms with E-state index in [1.54, 1.807) is 0 Å². The zero-order chi connectivity index (χ0) is 15.9. The van der Waals surface area contributed by atoms with Crippen molar-refractivity contribution in [1.29, 1.82) is 5.41 Å². The standard InChI is InChI=1S/C21H29N/c1-16-12-13-19(14-18(16)3)15-21(22)11-7-6-10-20-9-5-4-8-17(20)2/h4-5,8-9,13-14,16,22H,6-7,10-12,15H2,1-3H3. The van der Waals surface area contributed by atoms with Crippen LogP contribution in [0.4, 0.5) is 0 Å². The van der Waals surface area contributed by atoms with Crippen molar-refractivity contribution < 1.29 is 0 Å². The van der Waals surface area contributed by atoms with E-state index < -0.39 is 0 Å². The Kier molecular flexibility index (Phi) is 6.18. The van der Waals surface area contributed by atoms with Crippen LogP contribution < -0.4 is 0 Å². The molecule has 1 aromatic carbocycles. The smallest absolute Gasteiger partial charge is 0.0133 e. The van der Waals surface area contributed by atoms with E-state index in [1.165, 1.54) is 28.7 Å². The Morgan fingerprint density at radius 3 is 2.68 bits per heavy atom. The van der Waals surface area contributed by atoms with E-state index in [1.807, 2.05) is 0 Å². The fourth-order valence-electron chi connectivity index (χ4n) is 3.01. The van der Waals surface area contributed by atoms with Crippen molar-refractivity contribution >= 4 is 5.71 Å². The van der Waals surface area contributed by atoms with Crippen molar-refractivity contribution in [2.75, 3.05) is 0 Å². The molecular weight excluding hydrogens is 266 g/mol. The number of hydrogen-bond donors (Lipinski definition) is 1. The van der Waals surface area contributed by atoms with Crippen LogP contribution in [0.25, 0.3) is 0 Å². The molecule has 2 rings (SSSR count). The second kappa shape index (κ2) is 8.12. The van der Waals surface area contributed by atoms with E-state index in [4.69, 9.17) is 5.41 Å². The molecule has 0 spiro atoms. The summed E-state index contributed by atoms with van der Waals surface area (Å²) in [6.45, 7) is 6.67. The van der Waals surface area contributed by atoms with Crippen LogP contribution in [0, 0.1) is 18.3 Å². The molecule has 118 valence electrons. The Hall–Kier alpha value is -1.63. The van der Waals surface area contributed by atoms with Gasteiger partial charge in [0.05, 0.1) is 0 Å². The summed E-state index contributed by atoms with van der Waals surface area (Å²) in [5.41, 5.74) is 6.54. The monoisotopic (exact) mass is 295 g/mol. The minimum Gasteiger partial charge on any atom is -0.309 e. The van der Waals surface area contributed by atoms with Crippen molar-refractivity contribution in [3.8, 4) is 0 Å². The fourth-order valence-corrected chi connectivity index (χ4v) is 3.01. The number of aryl methyl sites for hydroxylation is 2. The summed E-state index contributed by atoms with van der Waals surface area (Å²) in [5, 5.41) is 8.20. The average molecular weight is 295 g/mol. The molecule has 0 aliphatic heterocycles. The van der Waals surface area contributed by atoms with E-state index in [0.717, 1.165) is 37.8 Å². The number of rotatable bonds is 7. The van der Waals surface area contributed by atoms with Crippen molar-refractivity contribution in [2.45, 2.75) is 59.3 Å². The van der Waals surface area contributed by atoms with Crippen LogP contribution in [0.1, 0.15) is 57.1 Å². The molecule has 1 aliphatic carbocycles. The van der Waals surface area contributed by atoms with Crippen LogP contribution in [0.15, 0.2) is 47.6 Å². The van der Waals surface area contributed by atoms with Gasteiger partial charge >= 0.3 is 0 Å². The average Bonchev–Trinajstić information content (AvgIpc) is 2.49. The topological polar surface area (TPSA) is 23.9 Å². The lowest BCUT2D eigenvalue weighted by Crippen LogP contribution is -2.05. The maximum Gasteiger partial charge on any atom is 0.0133 e. The predicted octanol–water partition coefficient (Wildman–Crippen LogP) is 6.03. The van der Waals surface area contributed by atoms with E-state index in [0.29, 0.717) is 5.92 Å². The minimum atomic E-state index is 0.673. The summed E-state index contributed by atoms with van der Waals surface area (Å²) in [7, 11) is 0. The SMILES string of the molecule is CC1=CC(CC(=N)CCCCc2ccccc2C)=CCC1C. The molecule has 1 nitrogen and oxygen atoms in total. The number of hydrogen-bond acceptors (Lipinski definition) is 1. The first-order valence-electron chi connectivity index (χ1n) is 8.54. The van der Waals surface area contributed by atoms with E-state index in [-0.39, 0.29) is 0 Å². The highest BCUT2D eigenvalue weighted by Crippen LogP contribution is 2.25. The molecule has 22 heavy (non-hydrogen) atoms. The molecule has 1 heteroatoms. The summed E-state index contributed by atoms with van der Waals surface area (Å²) in [5.74, 6) is 0.673. The van der Waals surface area contributed by atoms with Crippen molar-refractivity contribution in [3.63, 3.8) is 0 Å². The third kappa shape index (κ3) is 4.98. The molecule has 0 radical (unpaired) electrons. The molecule has 0 amide bonds. The van der Waals surface area contributed by atoms with Crippen LogP contribution in [0.5, 0.6) is 0 Å². The Morgan fingerprint density at radius 2 is 1.95 bits per heavy atom. The first kappa shape index (κ1) is 16.7. The maximum atomic E-state index is 8.20. The van der Waals surface area contributed by atoms with E-state index >= 15 is 0 Å². The van der Waals surface area contributed by atoms with Crippen molar-refractivity contribution in [1.82, 2.24) is 0 Å². The van der Waals surface area contributed by atoms with Gasteiger partial charge in [0.2, 0.25) is 0 Å². The summed E-state index contributed by atoms with van der Waals surface area (Å²) < 4.78 is 0. The molecule has 1 N–H and O–H groups in total. The second-order valence-electron chi connectivity index (χ2n) is 6.72. The van der Waals surface area contributed by atoms with Gasteiger partial charge in [0, 0.05) is 12.1 Å². The number of allylic oxidation sites excluding steroid dienone is 4. The maximum absolute atomic E-state index is 8.20. The van der Waals surface area contributed by atoms with Gasteiger partial charge in [-0.3, -0.25) is 0 Å². The van der Waals surface area contributed by atoms with Gasteiger partial charge in [-0.1, -0.05) is 48.9 Å². The number of nitrogens with one attached hydrogen (secondary N) is 1. The van der Waals surface area contributed by atoms with E-state index in [2.05, 4.69) is 57.2 Å².